The molecule has 3 aromatic heterocycles. The maximum Gasteiger partial charge on any atom is 0.416 e. The van der Waals surface area contributed by atoms with Crippen LogP contribution in [0.25, 0.3) is 0 Å². The average molecular weight is 572 g/mol. The predicted molar refractivity (Wildman–Crippen MR) is 139 cm³/mol. The molecule has 14 heteroatoms. The van der Waals surface area contributed by atoms with Crippen molar-refractivity contribution in [2.75, 3.05) is 5.32 Å². The van der Waals surface area contributed by atoms with E-state index in [0.717, 1.165) is 16.8 Å². The highest BCUT2D eigenvalue weighted by Gasteiger charge is 2.30. The van der Waals surface area contributed by atoms with Crippen molar-refractivity contribution in [2.24, 2.45) is 0 Å². The zero-order valence-electron chi connectivity index (χ0n) is 21.5. The number of amides is 2. The van der Waals surface area contributed by atoms with E-state index >= 15 is 0 Å². The minimum atomic E-state index is -4.50. The van der Waals surface area contributed by atoms with Crippen LogP contribution in [-0.2, 0) is 37.0 Å². The largest absolute Gasteiger partial charge is 0.416 e. The van der Waals surface area contributed by atoms with Crippen LogP contribution in [0.1, 0.15) is 33.7 Å². The van der Waals surface area contributed by atoms with Crippen LogP contribution >= 0.6 is 0 Å². The lowest BCUT2D eigenvalue weighted by Crippen LogP contribution is -2.24. The molecule has 0 aliphatic carbocycles. The first-order chi connectivity index (χ1) is 19.6. The van der Waals surface area contributed by atoms with Gasteiger partial charge in [0.1, 0.15) is 6.17 Å². The van der Waals surface area contributed by atoms with Crippen LogP contribution in [0.3, 0.4) is 0 Å². The fourth-order valence-corrected chi connectivity index (χ4v) is 3.84. The van der Waals surface area contributed by atoms with E-state index in [4.69, 9.17) is 0 Å². The van der Waals surface area contributed by atoms with E-state index in [2.05, 4.69) is 25.9 Å². The van der Waals surface area contributed by atoms with Gasteiger partial charge in [0.05, 0.1) is 24.7 Å². The van der Waals surface area contributed by atoms with Crippen molar-refractivity contribution in [2.45, 2.75) is 44.8 Å². The van der Waals surface area contributed by atoms with Gasteiger partial charge >= 0.3 is 6.18 Å². The monoisotopic (exact) mass is 571 g/mol. The fourth-order valence-electron chi connectivity index (χ4n) is 3.84. The number of anilines is 1. The molecule has 2 amide bonds. The molecule has 0 aliphatic rings. The molecule has 0 saturated carbocycles. The summed E-state index contributed by atoms with van der Waals surface area (Å²) in [4.78, 5) is 41.0. The summed E-state index contributed by atoms with van der Waals surface area (Å²) in [5.41, 5.74) is -0.229. The second-order valence-electron chi connectivity index (χ2n) is 9.09. The lowest BCUT2D eigenvalue weighted by Gasteiger charge is -2.11. The maximum absolute atomic E-state index is 14.6. The summed E-state index contributed by atoms with van der Waals surface area (Å²) >= 11 is 0. The molecule has 1 atom stereocenters. The third-order valence-electron chi connectivity index (χ3n) is 5.89. The zero-order valence-corrected chi connectivity index (χ0v) is 21.5. The lowest BCUT2D eigenvalue weighted by molar-refractivity contribution is -0.137. The van der Waals surface area contributed by atoms with E-state index in [1.165, 1.54) is 41.2 Å². The van der Waals surface area contributed by atoms with Gasteiger partial charge in [0.2, 0.25) is 5.91 Å². The van der Waals surface area contributed by atoms with Crippen LogP contribution in [0.15, 0.2) is 78.0 Å². The molecule has 1 aromatic carbocycles. The molecule has 0 fully saturated rings. The predicted octanol–water partition coefficient (Wildman–Crippen LogP) is 3.39. The Balaban J connectivity index is 1.23. The van der Waals surface area contributed by atoms with Gasteiger partial charge in [-0.3, -0.25) is 19.4 Å². The van der Waals surface area contributed by atoms with E-state index in [1.54, 1.807) is 24.4 Å². The summed E-state index contributed by atoms with van der Waals surface area (Å²) in [6.45, 7) is -0.339. The first kappa shape index (κ1) is 29.1. The topological polar surface area (TPSA) is 124 Å². The molecule has 0 saturated heterocycles. The van der Waals surface area contributed by atoms with Gasteiger partial charge in [0, 0.05) is 42.9 Å². The fraction of sp³-hybridized carbons (Fsp3) is 0.259. The van der Waals surface area contributed by atoms with Gasteiger partial charge in [0.15, 0.2) is 5.69 Å². The summed E-state index contributed by atoms with van der Waals surface area (Å²) < 4.78 is 55.6. The van der Waals surface area contributed by atoms with Crippen LogP contribution in [0.2, 0.25) is 0 Å². The number of nitrogens with zero attached hydrogens (tertiary/aromatic N) is 5. The van der Waals surface area contributed by atoms with Gasteiger partial charge in [-0.25, -0.2) is 9.07 Å². The van der Waals surface area contributed by atoms with Crippen molar-refractivity contribution >= 4 is 17.5 Å². The Morgan fingerprint density at radius 1 is 1.05 bits per heavy atom. The van der Waals surface area contributed by atoms with Crippen molar-refractivity contribution in [1.82, 2.24) is 29.9 Å². The van der Waals surface area contributed by atoms with E-state index in [0.29, 0.717) is 11.4 Å². The highest BCUT2D eigenvalue weighted by molar-refractivity contribution is 5.92. The second-order valence-corrected chi connectivity index (χ2v) is 9.09. The van der Waals surface area contributed by atoms with Gasteiger partial charge in [-0.1, -0.05) is 23.4 Å². The highest BCUT2D eigenvalue weighted by atomic mass is 19.4. The number of carbonyl (C=O) groups is 2. The van der Waals surface area contributed by atoms with E-state index in [-0.39, 0.29) is 49.6 Å². The molecule has 41 heavy (non-hydrogen) atoms. The van der Waals surface area contributed by atoms with Crippen LogP contribution in [0.5, 0.6) is 0 Å². The Hall–Kier alpha value is -4.88. The molecular formula is C27H25F4N7O3. The Morgan fingerprint density at radius 3 is 2.61 bits per heavy atom. The first-order valence-electron chi connectivity index (χ1n) is 12.5. The number of rotatable bonds is 11. The number of aromatic nitrogens is 5. The van der Waals surface area contributed by atoms with Crippen LogP contribution in [-0.4, -0.2) is 42.5 Å². The number of carbonyl (C=O) groups excluding carboxylic acids is 2. The van der Waals surface area contributed by atoms with Crippen molar-refractivity contribution in [3.05, 3.63) is 106 Å². The number of halogens is 4. The number of nitrogens with one attached hydrogen (secondary N) is 2. The number of aryl methyl sites for hydroxylation is 1. The Bertz CT molecular complexity index is 1550. The van der Waals surface area contributed by atoms with Gasteiger partial charge < -0.3 is 15.2 Å². The number of alkyl halides is 4. The van der Waals surface area contributed by atoms with Crippen LogP contribution in [0, 0.1) is 0 Å². The summed E-state index contributed by atoms with van der Waals surface area (Å²) in [5, 5.41) is 12.5. The molecule has 3 heterocycles. The summed E-state index contributed by atoms with van der Waals surface area (Å²) in [6.07, 6.45) is -1.66. The minimum absolute atomic E-state index is 0.0395. The normalized spacial score (nSPS) is 12.1. The van der Waals surface area contributed by atoms with Crippen molar-refractivity contribution in [1.29, 1.82) is 0 Å². The molecule has 4 rings (SSSR count). The van der Waals surface area contributed by atoms with Gasteiger partial charge in [-0.05, 0) is 42.3 Å². The first-order valence-corrected chi connectivity index (χ1v) is 12.5. The number of hydrogen-bond acceptors (Lipinski definition) is 6. The van der Waals surface area contributed by atoms with Crippen molar-refractivity contribution in [3.8, 4) is 0 Å². The second kappa shape index (κ2) is 13.0. The Kier molecular flexibility index (Phi) is 9.22. The summed E-state index contributed by atoms with van der Waals surface area (Å²) in [5.74, 6) is -1.01. The summed E-state index contributed by atoms with van der Waals surface area (Å²) in [6, 6.07) is 12.5. The standard InChI is InChI=1S/C27H25F4N7O3/c28-20(7-10-37-11-8-22(14-25(37)40)34-24(39)13-21-6-1-2-9-32-21)16-38-17-23(35-36-38)26(41)33-15-18-4-3-5-19(12-18)27(29,30)31/h1-6,8-9,11-12,14,17,20H,7,10,13,15-16H2,(H,33,41)(H,34,39). The van der Waals surface area contributed by atoms with Gasteiger partial charge in [0.25, 0.3) is 11.5 Å². The molecule has 0 radical (unpaired) electrons. The van der Waals surface area contributed by atoms with E-state index < -0.39 is 29.4 Å². The molecule has 0 bridgehead atoms. The average Bonchev–Trinajstić information content (AvgIpc) is 3.40. The number of benzene rings is 1. The molecule has 10 nitrogen and oxygen atoms in total. The quantitative estimate of drug-likeness (QED) is 0.266. The molecule has 0 aliphatic heterocycles. The number of hydrogen-bond donors (Lipinski definition) is 2. The SMILES string of the molecule is O=C(Cc1ccccn1)Nc1ccn(CCC(F)Cn2cc(C(=O)NCc3cccc(C(F)(F)F)c3)nn2)c(=O)c1. The number of pyridine rings is 2. The molecule has 2 N–H and O–H groups in total. The Labute approximate surface area is 231 Å². The Morgan fingerprint density at radius 2 is 1.88 bits per heavy atom. The van der Waals surface area contributed by atoms with Crippen LogP contribution in [0.4, 0.5) is 23.2 Å². The third kappa shape index (κ3) is 8.55. The van der Waals surface area contributed by atoms with Crippen LogP contribution < -0.4 is 16.2 Å². The van der Waals surface area contributed by atoms with Gasteiger partial charge in [-0.15, -0.1) is 5.10 Å². The molecule has 0 spiro atoms. The molecule has 4 aromatic rings. The smallest absolute Gasteiger partial charge is 0.347 e. The van der Waals surface area contributed by atoms with E-state index in [1.807, 2.05) is 0 Å². The molecule has 214 valence electrons. The minimum Gasteiger partial charge on any atom is -0.347 e. The van der Waals surface area contributed by atoms with Gasteiger partial charge in [-0.2, -0.15) is 13.2 Å². The maximum atomic E-state index is 14.6. The highest BCUT2D eigenvalue weighted by Crippen LogP contribution is 2.29. The van der Waals surface area contributed by atoms with Crippen molar-refractivity contribution in [3.63, 3.8) is 0 Å². The summed E-state index contributed by atoms with van der Waals surface area (Å²) in [7, 11) is 0. The lowest BCUT2D eigenvalue weighted by atomic mass is 10.1. The molecule has 1 unspecified atom stereocenters. The van der Waals surface area contributed by atoms with E-state index in [9.17, 15) is 31.9 Å². The molecular weight excluding hydrogens is 546 g/mol. The van der Waals surface area contributed by atoms with Crippen molar-refractivity contribution < 1.29 is 27.2 Å². The zero-order chi connectivity index (χ0) is 29.4. The third-order valence-corrected chi connectivity index (χ3v) is 5.89.